The number of hydrogen-bond donors (Lipinski definition) is 2. The Morgan fingerprint density at radius 1 is 0.964 bits per heavy atom. The summed E-state index contributed by atoms with van der Waals surface area (Å²) in [5, 5.41) is 2.84. The third-order valence-corrected chi connectivity index (χ3v) is 5.57. The Morgan fingerprint density at radius 3 is 2.39 bits per heavy atom. The van der Waals surface area contributed by atoms with Crippen LogP contribution < -0.4 is 10.0 Å². The molecule has 144 valence electrons. The van der Waals surface area contributed by atoms with E-state index >= 15 is 0 Å². The van der Waals surface area contributed by atoms with Gasteiger partial charge in [-0.05, 0) is 48.4 Å². The molecule has 3 rings (SSSR count). The van der Waals surface area contributed by atoms with E-state index in [0.717, 1.165) is 16.7 Å². The summed E-state index contributed by atoms with van der Waals surface area (Å²) in [7, 11) is -3.67. The van der Waals surface area contributed by atoms with Gasteiger partial charge in [0.2, 0.25) is 10.0 Å². The number of nitrogens with one attached hydrogen (secondary N) is 2. The lowest BCUT2D eigenvalue weighted by Gasteiger charge is -2.09. The van der Waals surface area contributed by atoms with Gasteiger partial charge >= 0.3 is 0 Å². The molecule has 0 aliphatic rings. The minimum Gasteiger partial charge on any atom is -0.348 e. The van der Waals surface area contributed by atoms with Crippen LogP contribution in [-0.2, 0) is 23.1 Å². The molecule has 0 saturated heterocycles. The lowest BCUT2D eigenvalue weighted by molar-refractivity contribution is 0.0951. The highest BCUT2D eigenvalue weighted by Crippen LogP contribution is 2.12. The zero-order chi connectivity index (χ0) is 20.0. The molecular weight excluding hydrogens is 374 g/mol. The highest BCUT2D eigenvalue weighted by molar-refractivity contribution is 7.89. The standard InChI is InChI=1S/C21H21N3O3S/c1-16-4-2-5-17(12-16)14-23-21(25)19-7-9-20(10-8-19)28(26,27)24-15-18-6-3-11-22-13-18/h2-13,24H,14-15H2,1H3,(H,23,25). The van der Waals surface area contributed by atoms with Crippen LogP contribution >= 0.6 is 0 Å². The summed E-state index contributed by atoms with van der Waals surface area (Å²) >= 11 is 0. The summed E-state index contributed by atoms with van der Waals surface area (Å²) in [6.07, 6.45) is 3.23. The van der Waals surface area contributed by atoms with Crippen LogP contribution in [0.4, 0.5) is 0 Å². The van der Waals surface area contributed by atoms with Crippen molar-refractivity contribution in [3.63, 3.8) is 0 Å². The van der Waals surface area contributed by atoms with Gasteiger partial charge in [0.25, 0.3) is 5.91 Å². The zero-order valence-corrected chi connectivity index (χ0v) is 16.2. The van der Waals surface area contributed by atoms with E-state index in [4.69, 9.17) is 0 Å². The van der Waals surface area contributed by atoms with E-state index in [9.17, 15) is 13.2 Å². The number of sulfonamides is 1. The molecular formula is C21H21N3O3S. The van der Waals surface area contributed by atoms with Crippen LogP contribution in [0.25, 0.3) is 0 Å². The van der Waals surface area contributed by atoms with Gasteiger partial charge in [-0.1, -0.05) is 35.9 Å². The number of aromatic nitrogens is 1. The quantitative estimate of drug-likeness (QED) is 0.644. The van der Waals surface area contributed by atoms with Crippen LogP contribution in [-0.4, -0.2) is 19.3 Å². The van der Waals surface area contributed by atoms with Gasteiger partial charge in [-0.25, -0.2) is 13.1 Å². The van der Waals surface area contributed by atoms with Crippen LogP contribution in [0.1, 0.15) is 27.0 Å². The second-order valence-electron chi connectivity index (χ2n) is 6.38. The van der Waals surface area contributed by atoms with Gasteiger partial charge in [-0.15, -0.1) is 0 Å². The lowest BCUT2D eigenvalue weighted by Crippen LogP contribution is -2.24. The van der Waals surface area contributed by atoms with Crippen molar-refractivity contribution in [2.45, 2.75) is 24.9 Å². The summed E-state index contributed by atoms with van der Waals surface area (Å²) in [6.45, 7) is 2.55. The molecule has 0 saturated carbocycles. The maximum absolute atomic E-state index is 12.4. The molecule has 6 nitrogen and oxygen atoms in total. The average Bonchev–Trinajstić information content (AvgIpc) is 2.71. The van der Waals surface area contributed by atoms with E-state index in [1.165, 1.54) is 24.3 Å². The number of rotatable bonds is 7. The molecule has 0 fully saturated rings. The van der Waals surface area contributed by atoms with Crippen molar-refractivity contribution in [1.82, 2.24) is 15.0 Å². The molecule has 2 N–H and O–H groups in total. The van der Waals surface area contributed by atoms with Gasteiger partial charge < -0.3 is 5.32 Å². The Labute approximate surface area is 164 Å². The highest BCUT2D eigenvalue weighted by Gasteiger charge is 2.15. The first-order valence-electron chi connectivity index (χ1n) is 8.76. The zero-order valence-electron chi connectivity index (χ0n) is 15.4. The summed E-state index contributed by atoms with van der Waals surface area (Å²) in [5.74, 6) is -0.256. The van der Waals surface area contributed by atoms with E-state index in [1.807, 2.05) is 31.2 Å². The van der Waals surface area contributed by atoms with Crippen LogP contribution in [0.5, 0.6) is 0 Å². The number of aryl methyl sites for hydroxylation is 1. The van der Waals surface area contributed by atoms with Crippen LogP contribution in [0.2, 0.25) is 0 Å². The second-order valence-corrected chi connectivity index (χ2v) is 8.15. The van der Waals surface area contributed by atoms with Crippen molar-refractivity contribution in [1.29, 1.82) is 0 Å². The summed E-state index contributed by atoms with van der Waals surface area (Å²) in [4.78, 5) is 16.3. The average molecular weight is 395 g/mol. The predicted octanol–water partition coefficient (Wildman–Crippen LogP) is 2.80. The molecule has 28 heavy (non-hydrogen) atoms. The van der Waals surface area contributed by atoms with Crippen molar-refractivity contribution in [2.24, 2.45) is 0 Å². The first kappa shape index (κ1) is 19.7. The molecule has 3 aromatic rings. The molecule has 0 radical (unpaired) electrons. The van der Waals surface area contributed by atoms with E-state index in [0.29, 0.717) is 12.1 Å². The van der Waals surface area contributed by atoms with Gasteiger partial charge in [0.05, 0.1) is 4.90 Å². The van der Waals surface area contributed by atoms with Crippen molar-refractivity contribution < 1.29 is 13.2 Å². The summed E-state index contributed by atoms with van der Waals surface area (Å²) < 4.78 is 27.3. The van der Waals surface area contributed by atoms with E-state index in [1.54, 1.807) is 24.5 Å². The van der Waals surface area contributed by atoms with Gasteiger partial charge in [-0.3, -0.25) is 9.78 Å². The Hall–Kier alpha value is -3.03. The molecule has 0 bridgehead atoms. The molecule has 0 spiro atoms. The van der Waals surface area contributed by atoms with E-state index in [-0.39, 0.29) is 17.3 Å². The molecule has 1 heterocycles. The van der Waals surface area contributed by atoms with Gasteiger partial charge in [0.1, 0.15) is 0 Å². The Balaban J connectivity index is 1.61. The van der Waals surface area contributed by atoms with Crippen molar-refractivity contribution in [2.75, 3.05) is 0 Å². The molecule has 0 atom stereocenters. The summed E-state index contributed by atoms with van der Waals surface area (Å²) in [6, 6.07) is 17.3. The van der Waals surface area contributed by atoms with E-state index in [2.05, 4.69) is 15.0 Å². The predicted molar refractivity (Wildman–Crippen MR) is 107 cm³/mol. The fraction of sp³-hybridized carbons (Fsp3) is 0.143. The molecule has 0 aliphatic heterocycles. The largest absolute Gasteiger partial charge is 0.348 e. The first-order chi connectivity index (χ1) is 13.4. The minimum atomic E-state index is -3.67. The number of benzene rings is 2. The SMILES string of the molecule is Cc1cccc(CNC(=O)c2ccc(S(=O)(=O)NCc3cccnc3)cc2)c1. The first-order valence-corrected chi connectivity index (χ1v) is 10.2. The molecule has 1 aromatic heterocycles. The smallest absolute Gasteiger partial charge is 0.251 e. The number of pyridine rings is 1. The van der Waals surface area contributed by atoms with Crippen molar-refractivity contribution in [3.8, 4) is 0 Å². The molecule has 0 unspecified atom stereocenters. The third kappa shape index (κ3) is 5.25. The van der Waals surface area contributed by atoms with Crippen molar-refractivity contribution in [3.05, 3.63) is 95.3 Å². The maximum Gasteiger partial charge on any atom is 0.251 e. The molecule has 2 aromatic carbocycles. The fourth-order valence-electron chi connectivity index (χ4n) is 2.66. The summed E-state index contributed by atoms with van der Waals surface area (Å²) in [5.41, 5.74) is 3.30. The van der Waals surface area contributed by atoms with E-state index < -0.39 is 10.0 Å². The Morgan fingerprint density at radius 2 is 1.71 bits per heavy atom. The number of carbonyl (C=O) groups is 1. The van der Waals surface area contributed by atoms with Gasteiger partial charge in [-0.2, -0.15) is 0 Å². The second kappa shape index (κ2) is 8.77. The number of amides is 1. The van der Waals surface area contributed by atoms with Crippen LogP contribution in [0, 0.1) is 6.92 Å². The fourth-order valence-corrected chi connectivity index (χ4v) is 3.67. The number of hydrogen-bond acceptors (Lipinski definition) is 4. The number of carbonyl (C=O) groups excluding carboxylic acids is 1. The van der Waals surface area contributed by atoms with Crippen molar-refractivity contribution >= 4 is 15.9 Å². The topological polar surface area (TPSA) is 88.2 Å². The highest BCUT2D eigenvalue weighted by atomic mass is 32.2. The van der Waals surface area contributed by atoms with Crippen LogP contribution in [0.15, 0.2) is 78.0 Å². The number of nitrogens with zero attached hydrogens (tertiary/aromatic N) is 1. The van der Waals surface area contributed by atoms with Gasteiger partial charge in [0, 0.05) is 31.0 Å². The molecule has 0 aliphatic carbocycles. The minimum absolute atomic E-state index is 0.103. The lowest BCUT2D eigenvalue weighted by atomic mass is 10.1. The maximum atomic E-state index is 12.4. The van der Waals surface area contributed by atoms with Crippen LogP contribution in [0.3, 0.4) is 0 Å². The normalized spacial score (nSPS) is 11.2. The molecule has 1 amide bonds. The Kier molecular flexibility index (Phi) is 6.18. The molecule has 7 heteroatoms. The Bertz CT molecular complexity index is 1050. The monoisotopic (exact) mass is 395 g/mol. The third-order valence-electron chi connectivity index (χ3n) is 4.15. The van der Waals surface area contributed by atoms with Gasteiger partial charge in [0.15, 0.2) is 0 Å².